The molecular formula is C30H24N4OS. The molecule has 6 rings (SSSR count). The van der Waals surface area contributed by atoms with Crippen molar-refractivity contribution >= 4 is 23.0 Å². The number of aromatic nitrogens is 2. The molecule has 0 amide bonds. The van der Waals surface area contributed by atoms with Crippen LogP contribution in [-0.2, 0) is 0 Å². The van der Waals surface area contributed by atoms with Crippen molar-refractivity contribution in [3.8, 4) is 17.2 Å². The van der Waals surface area contributed by atoms with E-state index in [2.05, 4.69) is 50.4 Å². The number of hydrogen-bond donors (Lipinski definition) is 1. The van der Waals surface area contributed by atoms with Crippen molar-refractivity contribution in [2.45, 2.75) is 12.1 Å². The smallest absolute Gasteiger partial charge is 0.174 e. The number of para-hydroxylation sites is 2. The van der Waals surface area contributed by atoms with Gasteiger partial charge in [0.25, 0.3) is 0 Å². The van der Waals surface area contributed by atoms with Crippen LogP contribution in [0.5, 0.6) is 11.5 Å². The molecule has 0 unspecified atom stereocenters. The Hall–Kier alpha value is -4.42. The van der Waals surface area contributed by atoms with Gasteiger partial charge in [-0.15, -0.1) is 0 Å². The Kier molecular flexibility index (Phi) is 5.93. The summed E-state index contributed by atoms with van der Waals surface area (Å²) >= 11 is 5.86. The molecule has 2 atom stereocenters. The van der Waals surface area contributed by atoms with Gasteiger partial charge in [0, 0.05) is 30.0 Å². The van der Waals surface area contributed by atoms with Gasteiger partial charge in [-0.2, -0.15) is 0 Å². The van der Waals surface area contributed by atoms with Crippen molar-refractivity contribution in [2.75, 3.05) is 4.90 Å². The average molecular weight is 489 g/mol. The minimum atomic E-state index is -0.0921. The summed E-state index contributed by atoms with van der Waals surface area (Å²) in [6.07, 6.45) is 6.09. The lowest BCUT2D eigenvalue weighted by atomic mass is 9.98. The fourth-order valence-corrected chi connectivity index (χ4v) is 4.97. The summed E-state index contributed by atoms with van der Waals surface area (Å²) in [5.74, 6) is 1.58. The second-order valence-electron chi connectivity index (χ2n) is 8.59. The zero-order valence-electron chi connectivity index (χ0n) is 19.4. The first-order valence-corrected chi connectivity index (χ1v) is 12.2. The van der Waals surface area contributed by atoms with E-state index >= 15 is 0 Å². The number of anilines is 1. The fraction of sp³-hybridized carbons (Fsp3) is 0.0667. The largest absolute Gasteiger partial charge is 0.457 e. The number of pyridine rings is 1. The molecule has 0 bridgehead atoms. The van der Waals surface area contributed by atoms with Crippen LogP contribution in [-0.4, -0.2) is 14.7 Å². The van der Waals surface area contributed by atoms with Crippen molar-refractivity contribution in [3.63, 3.8) is 0 Å². The summed E-state index contributed by atoms with van der Waals surface area (Å²) in [5, 5.41) is 4.19. The fourth-order valence-electron chi connectivity index (χ4n) is 4.62. The first kappa shape index (κ1) is 22.1. The van der Waals surface area contributed by atoms with E-state index in [0.29, 0.717) is 5.11 Å². The van der Waals surface area contributed by atoms with E-state index in [0.717, 1.165) is 34.1 Å². The minimum absolute atomic E-state index is 0.0711. The number of thiocarbonyl (C=S) groups is 1. The number of nitrogens with one attached hydrogen (secondary N) is 1. The van der Waals surface area contributed by atoms with Crippen LogP contribution in [0.2, 0.25) is 0 Å². The van der Waals surface area contributed by atoms with Crippen LogP contribution in [0.3, 0.4) is 0 Å². The Morgan fingerprint density at radius 3 is 2.14 bits per heavy atom. The first-order valence-electron chi connectivity index (χ1n) is 11.8. The van der Waals surface area contributed by atoms with Gasteiger partial charge >= 0.3 is 0 Å². The molecule has 1 saturated heterocycles. The highest BCUT2D eigenvalue weighted by Gasteiger charge is 2.41. The highest BCUT2D eigenvalue weighted by atomic mass is 32.1. The topological polar surface area (TPSA) is 42.3 Å². The molecule has 1 aliphatic rings. The van der Waals surface area contributed by atoms with Crippen LogP contribution < -0.4 is 15.0 Å². The maximum absolute atomic E-state index is 6.00. The molecule has 1 N–H and O–H groups in total. The molecule has 5 nitrogen and oxygen atoms in total. The Bertz CT molecular complexity index is 1450. The lowest BCUT2D eigenvalue weighted by Gasteiger charge is -2.27. The zero-order chi connectivity index (χ0) is 24.3. The lowest BCUT2D eigenvalue weighted by Crippen LogP contribution is -2.29. The molecule has 0 aliphatic carbocycles. The lowest BCUT2D eigenvalue weighted by molar-refractivity contribution is 0.482. The predicted octanol–water partition coefficient (Wildman–Crippen LogP) is 6.84. The van der Waals surface area contributed by atoms with E-state index in [9.17, 15) is 0 Å². The van der Waals surface area contributed by atoms with Crippen molar-refractivity contribution in [1.82, 2.24) is 14.9 Å². The summed E-state index contributed by atoms with van der Waals surface area (Å²) < 4.78 is 8.14. The molecule has 0 saturated carbocycles. The summed E-state index contributed by atoms with van der Waals surface area (Å²) in [7, 11) is 0. The van der Waals surface area contributed by atoms with Crippen molar-refractivity contribution in [1.29, 1.82) is 0 Å². The number of hydrogen-bond acceptors (Lipinski definition) is 3. The van der Waals surface area contributed by atoms with Crippen LogP contribution in [0.4, 0.5) is 5.69 Å². The van der Waals surface area contributed by atoms with Crippen LogP contribution in [0.25, 0.3) is 5.69 Å². The van der Waals surface area contributed by atoms with Gasteiger partial charge in [-0.1, -0.05) is 42.5 Å². The zero-order valence-corrected chi connectivity index (χ0v) is 20.3. The SMILES string of the molecule is S=C1N[C@H](c2ccccn2)[C@H](c2ccn(-c3ccccc3)c2)N1c1ccc(Oc2ccccc2)cc1. The van der Waals surface area contributed by atoms with Gasteiger partial charge in [0.15, 0.2) is 5.11 Å². The third kappa shape index (κ3) is 4.34. The summed E-state index contributed by atoms with van der Waals surface area (Å²) in [6, 6.07) is 36.1. The monoisotopic (exact) mass is 488 g/mol. The Labute approximate surface area is 215 Å². The minimum Gasteiger partial charge on any atom is -0.457 e. The molecule has 0 spiro atoms. The van der Waals surface area contributed by atoms with Crippen molar-refractivity contribution < 1.29 is 4.74 Å². The quantitative estimate of drug-likeness (QED) is 0.265. The Morgan fingerprint density at radius 1 is 0.722 bits per heavy atom. The van der Waals surface area contributed by atoms with Gasteiger partial charge in [0.2, 0.25) is 0 Å². The third-order valence-electron chi connectivity index (χ3n) is 6.30. The number of ether oxygens (including phenoxy) is 1. The van der Waals surface area contributed by atoms with Crippen LogP contribution in [0, 0.1) is 0 Å². The van der Waals surface area contributed by atoms with Crippen LogP contribution in [0.15, 0.2) is 128 Å². The van der Waals surface area contributed by atoms with Crippen molar-refractivity contribution in [3.05, 3.63) is 139 Å². The molecule has 5 aromatic rings. The molecule has 36 heavy (non-hydrogen) atoms. The van der Waals surface area contributed by atoms with Gasteiger partial charge < -0.3 is 19.5 Å². The standard InChI is InChI=1S/C30H24N4OS/c36-30-32-28(27-13-7-8-19-31-27)29(22-18-20-33(21-22)23-9-3-1-4-10-23)34(30)24-14-16-26(17-15-24)35-25-11-5-2-6-12-25/h1-21,28-29H,(H,32,36)/t28-,29+/m1/s1. The predicted molar refractivity (Wildman–Crippen MR) is 147 cm³/mol. The average Bonchev–Trinajstić information content (AvgIpc) is 3.56. The maximum Gasteiger partial charge on any atom is 0.174 e. The Balaban J connectivity index is 1.36. The van der Waals surface area contributed by atoms with E-state index in [1.165, 1.54) is 0 Å². The van der Waals surface area contributed by atoms with Crippen LogP contribution in [0.1, 0.15) is 23.3 Å². The highest BCUT2D eigenvalue weighted by molar-refractivity contribution is 7.80. The van der Waals surface area contributed by atoms with E-state index in [4.69, 9.17) is 17.0 Å². The number of rotatable bonds is 6. The molecule has 176 valence electrons. The van der Waals surface area contributed by atoms with E-state index in [1.54, 1.807) is 0 Å². The molecule has 2 aromatic heterocycles. The molecule has 1 aliphatic heterocycles. The first-order chi connectivity index (χ1) is 17.8. The van der Waals surface area contributed by atoms with Gasteiger partial charge in [-0.3, -0.25) is 4.98 Å². The second-order valence-corrected chi connectivity index (χ2v) is 8.98. The van der Waals surface area contributed by atoms with Gasteiger partial charge in [-0.05, 0) is 84.5 Å². The van der Waals surface area contributed by atoms with Gasteiger partial charge in [-0.25, -0.2) is 0 Å². The number of benzene rings is 3. The molecule has 6 heteroatoms. The molecule has 0 radical (unpaired) electrons. The van der Waals surface area contributed by atoms with E-state index in [-0.39, 0.29) is 12.1 Å². The Morgan fingerprint density at radius 2 is 1.42 bits per heavy atom. The highest BCUT2D eigenvalue weighted by Crippen LogP contribution is 2.42. The van der Waals surface area contributed by atoms with Crippen LogP contribution >= 0.6 is 12.2 Å². The van der Waals surface area contributed by atoms with Gasteiger partial charge in [0.05, 0.1) is 17.8 Å². The number of nitrogens with zero attached hydrogens (tertiary/aromatic N) is 3. The maximum atomic E-state index is 6.00. The summed E-state index contributed by atoms with van der Waals surface area (Å²) in [6.45, 7) is 0. The molecule has 3 heterocycles. The van der Waals surface area contributed by atoms with E-state index < -0.39 is 0 Å². The molecular weight excluding hydrogens is 464 g/mol. The van der Waals surface area contributed by atoms with E-state index in [1.807, 2.05) is 97.2 Å². The third-order valence-corrected chi connectivity index (χ3v) is 6.62. The van der Waals surface area contributed by atoms with Crippen molar-refractivity contribution in [2.24, 2.45) is 0 Å². The summed E-state index contributed by atoms with van der Waals surface area (Å²) in [5.41, 5.74) is 4.19. The van der Waals surface area contributed by atoms with Gasteiger partial charge in [0.1, 0.15) is 11.5 Å². The summed E-state index contributed by atoms with van der Waals surface area (Å²) in [4.78, 5) is 6.82. The normalized spacial score (nSPS) is 17.1. The molecule has 1 fully saturated rings. The second kappa shape index (κ2) is 9.68. The molecule has 3 aromatic carbocycles.